The van der Waals surface area contributed by atoms with Crippen LogP contribution in [0.25, 0.3) is 11.1 Å². The van der Waals surface area contributed by atoms with E-state index >= 15 is 4.39 Å². The van der Waals surface area contributed by atoms with Crippen LogP contribution in [0.2, 0.25) is 0 Å². The third-order valence-corrected chi connectivity index (χ3v) is 10.2. The van der Waals surface area contributed by atoms with Gasteiger partial charge in [-0.25, -0.2) is 18.7 Å². The molecular weight excluding hydrogens is 711 g/mol. The minimum absolute atomic E-state index is 0.0225. The number of rotatable bonds is 13. The molecule has 2 saturated heterocycles. The summed E-state index contributed by atoms with van der Waals surface area (Å²) in [6, 6.07) is 4.53. The predicted octanol–water partition coefficient (Wildman–Crippen LogP) is 6.09. The summed E-state index contributed by atoms with van der Waals surface area (Å²) in [7, 11) is 1.97. The molecule has 292 valence electrons. The molecule has 0 saturated carbocycles. The minimum Gasteiger partial charge on any atom is -0.370 e. The van der Waals surface area contributed by atoms with Crippen molar-refractivity contribution in [2.45, 2.75) is 77.1 Å². The van der Waals surface area contributed by atoms with E-state index in [9.17, 15) is 31.9 Å². The molecule has 2 aliphatic heterocycles. The molecule has 3 heterocycles. The van der Waals surface area contributed by atoms with Gasteiger partial charge in [-0.1, -0.05) is 19.3 Å². The standard InChI is InChI=1S/C38H47F5N8O3/c1-24-22-51(23-25(2)48(24)3)33-19-31(40)29(18-32(33)47-36(54)28-12-11-27(39)17-30(28)38(41,42)43)26-20-45-37(46-21-26)50-15-13-49(14-16-50)35(53)10-8-6-4-5-7-9-34(44)52/h11-12,17-21,24-25H,4-10,13-16,22-23H2,1-3H3,(H2,44,52)(H,47,54)/t24-,25+. The number of primary amides is 1. The van der Waals surface area contributed by atoms with E-state index in [0.29, 0.717) is 58.1 Å². The Morgan fingerprint density at radius 3 is 2.07 bits per heavy atom. The fourth-order valence-corrected chi connectivity index (χ4v) is 6.93. The van der Waals surface area contributed by atoms with Gasteiger partial charge in [0.2, 0.25) is 17.8 Å². The molecule has 0 aliphatic carbocycles. The second kappa shape index (κ2) is 17.5. The van der Waals surface area contributed by atoms with Gasteiger partial charge in [-0.3, -0.25) is 19.3 Å². The van der Waals surface area contributed by atoms with Crippen LogP contribution in [0.5, 0.6) is 0 Å². The maximum atomic E-state index is 16.0. The number of carbonyl (C=O) groups is 3. The summed E-state index contributed by atoms with van der Waals surface area (Å²) in [4.78, 5) is 53.7. The maximum Gasteiger partial charge on any atom is 0.417 e. The number of halogens is 5. The molecule has 1 aromatic heterocycles. The van der Waals surface area contributed by atoms with Crippen LogP contribution in [-0.4, -0.2) is 95.9 Å². The summed E-state index contributed by atoms with van der Waals surface area (Å²) >= 11 is 0. The normalized spacial score (nSPS) is 18.2. The molecule has 2 atom stereocenters. The van der Waals surface area contributed by atoms with E-state index in [1.54, 1.807) is 0 Å². The lowest BCUT2D eigenvalue weighted by atomic mass is 10.0. The molecular formula is C38H47F5N8O3. The number of nitrogens with zero attached hydrogens (tertiary/aromatic N) is 6. The highest BCUT2D eigenvalue weighted by atomic mass is 19.4. The minimum atomic E-state index is -5.00. The summed E-state index contributed by atoms with van der Waals surface area (Å²) in [5.74, 6) is -2.73. The zero-order valence-corrected chi connectivity index (χ0v) is 30.8. The quantitative estimate of drug-likeness (QED) is 0.159. The fraction of sp³-hybridized carbons (Fsp3) is 0.500. The first-order valence-corrected chi connectivity index (χ1v) is 18.2. The first-order chi connectivity index (χ1) is 25.6. The molecule has 0 unspecified atom stereocenters. The largest absolute Gasteiger partial charge is 0.417 e. The molecule has 11 nitrogen and oxygen atoms in total. The lowest BCUT2D eigenvalue weighted by Crippen LogP contribution is -2.55. The van der Waals surface area contributed by atoms with E-state index in [2.05, 4.69) is 20.2 Å². The van der Waals surface area contributed by atoms with Gasteiger partial charge in [-0.15, -0.1) is 0 Å². The van der Waals surface area contributed by atoms with Crippen molar-refractivity contribution in [3.05, 3.63) is 65.5 Å². The molecule has 0 bridgehead atoms. The number of benzene rings is 2. The van der Waals surface area contributed by atoms with E-state index in [1.807, 2.05) is 35.6 Å². The topological polar surface area (TPSA) is 128 Å². The third-order valence-electron chi connectivity index (χ3n) is 10.2. The Hall–Kier alpha value is -4.86. The molecule has 54 heavy (non-hydrogen) atoms. The van der Waals surface area contributed by atoms with Gasteiger partial charge in [0.1, 0.15) is 11.6 Å². The number of likely N-dealkylation sites (N-methyl/N-ethyl adjacent to an activating group) is 1. The Morgan fingerprint density at radius 1 is 0.852 bits per heavy atom. The molecule has 2 fully saturated rings. The second-order valence-electron chi connectivity index (χ2n) is 14.1. The molecule has 3 aromatic rings. The number of nitrogens with one attached hydrogen (secondary N) is 1. The molecule has 3 N–H and O–H groups in total. The number of piperazine rings is 2. The Morgan fingerprint density at radius 2 is 1.46 bits per heavy atom. The SMILES string of the molecule is C[C@@H]1CN(c2cc(F)c(-c3cnc(N4CCN(C(=O)CCCCCCCC(N)=O)CC4)nc3)cc2NC(=O)c2ccc(F)cc2C(F)(F)F)C[C@H](C)N1C. The Bertz CT molecular complexity index is 1790. The van der Waals surface area contributed by atoms with Crippen LogP contribution in [0, 0.1) is 11.6 Å². The van der Waals surface area contributed by atoms with Crippen molar-refractivity contribution in [3.8, 4) is 11.1 Å². The highest BCUT2D eigenvalue weighted by Gasteiger charge is 2.36. The summed E-state index contributed by atoms with van der Waals surface area (Å²) in [5.41, 5.74) is 3.63. The fourth-order valence-electron chi connectivity index (χ4n) is 6.93. The van der Waals surface area contributed by atoms with E-state index in [4.69, 9.17) is 5.73 Å². The number of carbonyl (C=O) groups excluding carboxylic acids is 3. The molecule has 5 rings (SSSR count). The number of alkyl halides is 3. The molecule has 3 amide bonds. The van der Waals surface area contributed by atoms with Crippen LogP contribution in [0.3, 0.4) is 0 Å². The summed E-state index contributed by atoms with van der Waals surface area (Å²) in [6.07, 6.45) is 3.01. The van der Waals surface area contributed by atoms with Crippen molar-refractivity contribution < 1.29 is 36.3 Å². The number of hydrogen-bond acceptors (Lipinski definition) is 8. The van der Waals surface area contributed by atoms with Crippen LogP contribution < -0.4 is 20.9 Å². The van der Waals surface area contributed by atoms with E-state index < -0.39 is 34.8 Å². The van der Waals surface area contributed by atoms with Crippen LogP contribution in [0.15, 0.2) is 42.7 Å². The Labute approximate surface area is 311 Å². The summed E-state index contributed by atoms with van der Waals surface area (Å²) in [5, 5.41) is 2.56. The Balaban J connectivity index is 1.30. The highest BCUT2D eigenvalue weighted by molar-refractivity contribution is 6.07. The Kier molecular flexibility index (Phi) is 13.1. The monoisotopic (exact) mass is 758 g/mol. The van der Waals surface area contributed by atoms with Crippen LogP contribution in [-0.2, 0) is 15.8 Å². The van der Waals surface area contributed by atoms with Gasteiger partial charge in [0.15, 0.2) is 0 Å². The lowest BCUT2D eigenvalue weighted by Gasteiger charge is -2.44. The number of hydrogen-bond donors (Lipinski definition) is 2. The molecule has 2 aromatic carbocycles. The van der Waals surface area contributed by atoms with Gasteiger partial charge >= 0.3 is 6.18 Å². The molecule has 0 spiro atoms. The molecule has 0 radical (unpaired) electrons. The van der Waals surface area contributed by atoms with Crippen molar-refractivity contribution in [1.29, 1.82) is 0 Å². The van der Waals surface area contributed by atoms with Crippen molar-refractivity contribution in [3.63, 3.8) is 0 Å². The van der Waals surface area contributed by atoms with Gasteiger partial charge in [-0.2, -0.15) is 13.2 Å². The van der Waals surface area contributed by atoms with Crippen LogP contribution in [0.4, 0.5) is 39.3 Å². The van der Waals surface area contributed by atoms with Gasteiger partial charge in [0.25, 0.3) is 5.91 Å². The van der Waals surface area contributed by atoms with E-state index in [0.717, 1.165) is 44.2 Å². The van der Waals surface area contributed by atoms with Gasteiger partial charge in [-0.05, 0) is 64.1 Å². The highest BCUT2D eigenvalue weighted by Crippen LogP contribution is 2.38. The number of unbranched alkanes of at least 4 members (excludes halogenated alkanes) is 4. The smallest absolute Gasteiger partial charge is 0.370 e. The van der Waals surface area contributed by atoms with Gasteiger partial charge in [0, 0.05) is 87.7 Å². The van der Waals surface area contributed by atoms with Gasteiger partial charge < -0.3 is 25.8 Å². The lowest BCUT2D eigenvalue weighted by molar-refractivity contribution is -0.138. The van der Waals surface area contributed by atoms with Crippen LogP contribution >= 0.6 is 0 Å². The van der Waals surface area contributed by atoms with Crippen molar-refractivity contribution in [2.24, 2.45) is 5.73 Å². The molecule has 2 aliphatic rings. The summed E-state index contributed by atoms with van der Waals surface area (Å²) < 4.78 is 71.3. The number of amides is 3. The molecule has 16 heteroatoms. The predicted molar refractivity (Wildman–Crippen MR) is 196 cm³/mol. The van der Waals surface area contributed by atoms with Crippen molar-refractivity contribution in [1.82, 2.24) is 19.8 Å². The average Bonchev–Trinajstić information content (AvgIpc) is 3.13. The van der Waals surface area contributed by atoms with Gasteiger partial charge in [0.05, 0.1) is 22.5 Å². The van der Waals surface area contributed by atoms with E-state index in [-0.39, 0.29) is 52.5 Å². The van der Waals surface area contributed by atoms with Crippen molar-refractivity contribution in [2.75, 3.05) is 61.4 Å². The first kappa shape index (κ1) is 40.3. The number of nitrogens with two attached hydrogens (primary N) is 1. The zero-order chi connectivity index (χ0) is 39.2. The number of anilines is 3. The maximum absolute atomic E-state index is 16.0. The number of aromatic nitrogens is 2. The third kappa shape index (κ3) is 10.0. The first-order valence-electron chi connectivity index (χ1n) is 18.2. The summed E-state index contributed by atoms with van der Waals surface area (Å²) in [6.45, 7) is 6.91. The second-order valence-corrected chi connectivity index (χ2v) is 14.1. The average molecular weight is 759 g/mol. The van der Waals surface area contributed by atoms with E-state index in [1.165, 1.54) is 24.5 Å². The van der Waals surface area contributed by atoms with Crippen molar-refractivity contribution >= 4 is 35.0 Å². The zero-order valence-electron chi connectivity index (χ0n) is 30.8. The van der Waals surface area contributed by atoms with Crippen LogP contribution in [0.1, 0.15) is 74.7 Å².